The molecular formula is C17H13FN2O2. The standard InChI is InChI=1S/C17H13FN2O2/c1-20(14-9-7-13(18)8-10-14)17(21)15-11-22-19-16(15)12-5-3-2-4-6-12/h2-11H,1H3. The monoisotopic (exact) mass is 296 g/mol. The number of hydrogen-bond donors (Lipinski definition) is 0. The quantitative estimate of drug-likeness (QED) is 0.739. The van der Waals surface area contributed by atoms with Crippen molar-refractivity contribution in [3.8, 4) is 11.3 Å². The van der Waals surface area contributed by atoms with Crippen LogP contribution in [0.3, 0.4) is 0 Å². The molecule has 3 rings (SSSR count). The lowest BCUT2D eigenvalue weighted by Crippen LogP contribution is -2.26. The number of amides is 1. The molecule has 1 amide bonds. The minimum absolute atomic E-state index is 0.272. The Morgan fingerprint density at radius 1 is 1.09 bits per heavy atom. The van der Waals surface area contributed by atoms with Gasteiger partial charge in [-0.2, -0.15) is 0 Å². The minimum Gasteiger partial charge on any atom is -0.363 e. The largest absolute Gasteiger partial charge is 0.363 e. The maximum absolute atomic E-state index is 13.0. The molecule has 0 N–H and O–H groups in total. The van der Waals surface area contributed by atoms with Gasteiger partial charge in [-0.3, -0.25) is 4.79 Å². The fraction of sp³-hybridized carbons (Fsp3) is 0.0588. The molecule has 0 aliphatic heterocycles. The van der Waals surface area contributed by atoms with Gasteiger partial charge < -0.3 is 9.42 Å². The Bertz CT molecular complexity index is 782. The number of hydrogen-bond acceptors (Lipinski definition) is 3. The minimum atomic E-state index is -0.348. The van der Waals surface area contributed by atoms with Crippen molar-refractivity contribution >= 4 is 11.6 Å². The van der Waals surface area contributed by atoms with Crippen molar-refractivity contribution < 1.29 is 13.7 Å². The summed E-state index contributed by atoms with van der Waals surface area (Å²) in [5, 5.41) is 3.92. The van der Waals surface area contributed by atoms with Crippen LogP contribution in [0.1, 0.15) is 10.4 Å². The van der Waals surface area contributed by atoms with Gasteiger partial charge in [0.05, 0.1) is 0 Å². The van der Waals surface area contributed by atoms with Crippen molar-refractivity contribution in [3.63, 3.8) is 0 Å². The van der Waals surface area contributed by atoms with E-state index in [1.54, 1.807) is 19.2 Å². The summed E-state index contributed by atoms with van der Waals surface area (Å²) in [6, 6.07) is 15.0. The number of carbonyl (C=O) groups is 1. The zero-order chi connectivity index (χ0) is 15.5. The first kappa shape index (κ1) is 14.0. The number of anilines is 1. The van der Waals surface area contributed by atoms with E-state index in [2.05, 4.69) is 5.16 Å². The van der Waals surface area contributed by atoms with Gasteiger partial charge in [0, 0.05) is 18.3 Å². The van der Waals surface area contributed by atoms with Gasteiger partial charge in [-0.25, -0.2) is 4.39 Å². The van der Waals surface area contributed by atoms with E-state index in [4.69, 9.17) is 4.52 Å². The summed E-state index contributed by atoms with van der Waals surface area (Å²) in [7, 11) is 1.62. The first-order valence-corrected chi connectivity index (χ1v) is 6.70. The average Bonchev–Trinajstić information content (AvgIpc) is 3.04. The molecule has 2 aromatic carbocycles. The lowest BCUT2D eigenvalue weighted by molar-refractivity contribution is 0.0993. The van der Waals surface area contributed by atoms with Crippen LogP contribution in [0.25, 0.3) is 11.3 Å². The predicted octanol–water partition coefficient (Wildman–Crippen LogP) is 3.76. The topological polar surface area (TPSA) is 46.3 Å². The van der Waals surface area contributed by atoms with E-state index in [0.717, 1.165) is 5.56 Å². The van der Waals surface area contributed by atoms with Crippen molar-refractivity contribution in [1.82, 2.24) is 5.16 Å². The number of nitrogens with zero attached hydrogens (tertiary/aromatic N) is 2. The Balaban J connectivity index is 1.93. The maximum atomic E-state index is 13.0. The molecule has 1 heterocycles. The SMILES string of the molecule is CN(C(=O)c1conc1-c1ccccc1)c1ccc(F)cc1. The molecule has 110 valence electrons. The second-order valence-electron chi connectivity index (χ2n) is 4.78. The van der Waals surface area contributed by atoms with Crippen LogP contribution in [0.15, 0.2) is 65.4 Å². The van der Waals surface area contributed by atoms with Crippen LogP contribution >= 0.6 is 0 Å². The second kappa shape index (κ2) is 5.81. The van der Waals surface area contributed by atoms with Gasteiger partial charge in [-0.1, -0.05) is 35.5 Å². The summed E-state index contributed by atoms with van der Waals surface area (Å²) in [5.41, 5.74) is 2.23. The fourth-order valence-corrected chi connectivity index (χ4v) is 2.16. The number of carbonyl (C=O) groups excluding carboxylic acids is 1. The molecule has 22 heavy (non-hydrogen) atoms. The van der Waals surface area contributed by atoms with Crippen molar-refractivity contribution in [2.45, 2.75) is 0 Å². The van der Waals surface area contributed by atoms with Crippen LogP contribution in [-0.2, 0) is 0 Å². The molecule has 0 bridgehead atoms. The predicted molar refractivity (Wildman–Crippen MR) is 81.1 cm³/mol. The third kappa shape index (κ3) is 2.61. The van der Waals surface area contributed by atoms with Gasteiger partial charge in [0.2, 0.25) is 0 Å². The first-order chi connectivity index (χ1) is 10.7. The van der Waals surface area contributed by atoms with Crippen LogP contribution in [0.2, 0.25) is 0 Å². The first-order valence-electron chi connectivity index (χ1n) is 6.70. The Morgan fingerprint density at radius 3 is 2.45 bits per heavy atom. The van der Waals surface area contributed by atoms with Crippen molar-refractivity contribution in [2.24, 2.45) is 0 Å². The molecule has 0 aliphatic carbocycles. The molecule has 0 atom stereocenters. The molecule has 1 aromatic heterocycles. The Labute approximate surface area is 126 Å². The van der Waals surface area contributed by atoms with E-state index >= 15 is 0 Å². The normalized spacial score (nSPS) is 10.5. The van der Waals surface area contributed by atoms with Crippen molar-refractivity contribution in [3.05, 3.63) is 72.2 Å². The van der Waals surface area contributed by atoms with Gasteiger partial charge >= 0.3 is 0 Å². The van der Waals surface area contributed by atoms with Gasteiger partial charge in [-0.05, 0) is 24.3 Å². The molecule has 0 aliphatic rings. The van der Waals surface area contributed by atoms with Crippen LogP contribution in [0.5, 0.6) is 0 Å². The molecular weight excluding hydrogens is 283 g/mol. The highest BCUT2D eigenvalue weighted by Crippen LogP contribution is 2.24. The summed E-state index contributed by atoms with van der Waals surface area (Å²) in [4.78, 5) is 14.0. The average molecular weight is 296 g/mol. The summed E-state index contributed by atoms with van der Waals surface area (Å²) in [5.74, 6) is -0.619. The van der Waals surface area contributed by atoms with E-state index in [-0.39, 0.29) is 11.7 Å². The van der Waals surface area contributed by atoms with E-state index in [1.807, 2.05) is 30.3 Å². The van der Waals surface area contributed by atoms with Crippen molar-refractivity contribution in [1.29, 1.82) is 0 Å². The van der Waals surface area contributed by atoms with E-state index in [9.17, 15) is 9.18 Å². The van der Waals surface area contributed by atoms with Gasteiger partial charge in [-0.15, -0.1) is 0 Å². The Morgan fingerprint density at radius 2 is 1.77 bits per heavy atom. The number of aromatic nitrogens is 1. The van der Waals surface area contributed by atoms with E-state index in [0.29, 0.717) is 16.9 Å². The number of rotatable bonds is 3. The smallest absolute Gasteiger partial charge is 0.263 e. The van der Waals surface area contributed by atoms with Gasteiger partial charge in [0.1, 0.15) is 23.3 Å². The highest BCUT2D eigenvalue weighted by atomic mass is 19.1. The van der Waals surface area contributed by atoms with Crippen molar-refractivity contribution in [2.75, 3.05) is 11.9 Å². The zero-order valence-electron chi connectivity index (χ0n) is 11.9. The summed E-state index contributed by atoms with van der Waals surface area (Å²) >= 11 is 0. The molecule has 4 nitrogen and oxygen atoms in total. The van der Waals surface area contributed by atoms with Crippen LogP contribution in [0, 0.1) is 5.82 Å². The molecule has 0 saturated carbocycles. The number of benzene rings is 2. The maximum Gasteiger partial charge on any atom is 0.263 e. The molecule has 0 radical (unpaired) electrons. The van der Waals surface area contributed by atoms with Crippen LogP contribution < -0.4 is 4.90 Å². The highest BCUT2D eigenvalue weighted by Gasteiger charge is 2.21. The van der Waals surface area contributed by atoms with E-state index < -0.39 is 0 Å². The molecule has 5 heteroatoms. The Kier molecular flexibility index (Phi) is 3.70. The third-order valence-corrected chi connectivity index (χ3v) is 3.37. The number of halogens is 1. The fourth-order valence-electron chi connectivity index (χ4n) is 2.16. The molecule has 0 saturated heterocycles. The van der Waals surface area contributed by atoms with Crippen LogP contribution in [0.4, 0.5) is 10.1 Å². The molecule has 3 aromatic rings. The molecule has 0 spiro atoms. The molecule has 0 fully saturated rings. The van der Waals surface area contributed by atoms with Crippen LogP contribution in [-0.4, -0.2) is 18.1 Å². The highest BCUT2D eigenvalue weighted by molar-refractivity contribution is 6.09. The van der Waals surface area contributed by atoms with Gasteiger partial charge in [0.25, 0.3) is 5.91 Å². The Hall–Kier alpha value is -2.95. The van der Waals surface area contributed by atoms with E-state index in [1.165, 1.54) is 23.3 Å². The second-order valence-corrected chi connectivity index (χ2v) is 4.78. The molecule has 0 unspecified atom stereocenters. The summed E-state index contributed by atoms with van der Waals surface area (Å²) in [6.45, 7) is 0. The lowest BCUT2D eigenvalue weighted by atomic mass is 10.1. The lowest BCUT2D eigenvalue weighted by Gasteiger charge is -2.16. The summed E-state index contributed by atoms with van der Waals surface area (Å²) in [6.07, 6.45) is 1.32. The summed E-state index contributed by atoms with van der Waals surface area (Å²) < 4.78 is 18.0. The van der Waals surface area contributed by atoms with Gasteiger partial charge in [0.15, 0.2) is 0 Å². The zero-order valence-corrected chi connectivity index (χ0v) is 11.9. The third-order valence-electron chi connectivity index (χ3n) is 3.37.